The minimum Gasteiger partial charge on any atom is -0.426 e. The van der Waals surface area contributed by atoms with E-state index in [1.54, 1.807) is 42.5 Å². The molecule has 21 heavy (non-hydrogen) atoms. The van der Waals surface area contributed by atoms with Crippen molar-refractivity contribution in [3.63, 3.8) is 0 Å². The van der Waals surface area contributed by atoms with Crippen LogP contribution in [0, 0.1) is 0 Å². The number of nitrogens with zero attached hydrogens (tertiary/aromatic N) is 1. The Balaban J connectivity index is 2.28. The second-order valence-corrected chi connectivity index (χ2v) is 6.15. The first-order valence-electron chi connectivity index (χ1n) is 6.15. The molecule has 0 unspecified atom stereocenters. The molecular weight excluding hydrogens is 290 g/mol. The highest BCUT2D eigenvalue weighted by Crippen LogP contribution is 2.30. The van der Waals surface area contributed by atoms with Crippen molar-refractivity contribution in [1.29, 1.82) is 0 Å². The maximum absolute atomic E-state index is 12.7. The third-order valence-corrected chi connectivity index (χ3v) is 4.80. The number of rotatable bonds is 4. The van der Waals surface area contributed by atoms with Crippen LogP contribution in [0.25, 0.3) is 10.9 Å². The molecule has 0 atom stereocenters. The van der Waals surface area contributed by atoms with Gasteiger partial charge in [0.25, 0.3) is 16.5 Å². The van der Waals surface area contributed by atoms with Gasteiger partial charge in [0.05, 0.1) is 16.6 Å². The Bertz CT molecular complexity index is 898. The number of ether oxygens (including phenoxy) is 1. The topological polar surface area (TPSA) is 65.4 Å². The molecule has 0 spiro atoms. The monoisotopic (exact) mass is 301 g/mol. The van der Waals surface area contributed by atoms with E-state index in [0.29, 0.717) is 10.9 Å². The van der Waals surface area contributed by atoms with Crippen LogP contribution in [0.3, 0.4) is 0 Å². The molecule has 6 heteroatoms. The van der Waals surface area contributed by atoms with Gasteiger partial charge >= 0.3 is 0 Å². The van der Waals surface area contributed by atoms with Gasteiger partial charge in [-0.15, -0.1) is 0 Å². The van der Waals surface area contributed by atoms with Crippen LogP contribution in [0.4, 0.5) is 0 Å². The first kappa shape index (κ1) is 13.4. The molecule has 3 rings (SSSR count). The van der Waals surface area contributed by atoms with Crippen LogP contribution in [0.2, 0.25) is 0 Å². The largest absolute Gasteiger partial charge is 0.426 e. The van der Waals surface area contributed by atoms with Crippen molar-refractivity contribution in [2.24, 2.45) is 0 Å². The maximum atomic E-state index is 12.7. The highest BCUT2D eigenvalue weighted by Gasteiger charge is 2.21. The highest BCUT2D eigenvalue weighted by molar-refractivity contribution is 7.90. The molecule has 0 aliphatic heterocycles. The van der Waals surface area contributed by atoms with E-state index in [2.05, 4.69) is 0 Å². The Morgan fingerprint density at radius 3 is 2.33 bits per heavy atom. The minimum atomic E-state index is -3.74. The number of hydrogen-bond acceptors (Lipinski definition) is 4. The summed E-state index contributed by atoms with van der Waals surface area (Å²) in [5.41, 5.74) is 0.457. The van der Waals surface area contributed by atoms with Crippen molar-refractivity contribution in [2.45, 2.75) is 4.90 Å². The molecule has 0 bridgehead atoms. The van der Waals surface area contributed by atoms with E-state index in [4.69, 9.17) is 4.74 Å². The third-order valence-electron chi connectivity index (χ3n) is 3.12. The molecule has 106 valence electrons. The van der Waals surface area contributed by atoms with Gasteiger partial charge in [-0.1, -0.05) is 30.3 Å². The predicted octanol–water partition coefficient (Wildman–Crippen LogP) is 2.41. The van der Waals surface area contributed by atoms with E-state index in [0.717, 1.165) is 3.97 Å². The van der Waals surface area contributed by atoms with Crippen molar-refractivity contribution < 1.29 is 17.9 Å². The summed E-state index contributed by atoms with van der Waals surface area (Å²) < 4.78 is 31.4. The summed E-state index contributed by atoms with van der Waals surface area (Å²) in [5, 5.41) is 0.559. The van der Waals surface area contributed by atoms with Gasteiger partial charge in [-0.25, -0.2) is 12.4 Å². The molecule has 0 amide bonds. The fraction of sp³-hybridized carbons (Fsp3) is 0. The first-order chi connectivity index (χ1) is 10.1. The zero-order valence-corrected chi connectivity index (χ0v) is 11.7. The maximum Gasteiger partial charge on any atom is 0.298 e. The molecule has 1 heterocycles. The molecule has 1 aromatic heterocycles. The lowest BCUT2D eigenvalue weighted by atomic mass is 10.2. The number of fused-ring (bicyclic) bond motifs is 1. The van der Waals surface area contributed by atoms with Gasteiger partial charge in [0.1, 0.15) is 0 Å². The summed E-state index contributed by atoms with van der Waals surface area (Å²) >= 11 is 0. The highest BCUT2D eigenvalue weighted by atomic mass is 32.2. The quantitative estimate of drug-likeness (QED) is 0.694. The smallest absolute Gasteiger partial charge is 0.298 e. The van der Waals surface area contributed by atoms with Gasteiger partial charge in [-0.2, -0.15) is 0 Å². The number of aromatic nitrogens is 1. The molecule has 0 radical (unpaired) electrons. The fourth-order valence-corrected chi connectivity index (χ4v) is 3.55. The van der Waals surface area contributed by atoms with Crippen molar-refractivity contribution in [1.82, 2.24) is 3.97 Å². The Labute approximate surface area is 121 Å². The Morgan fingerprint density at radius 2 is 1.62 bits per heavy atom. The Kier molecular flexibility index (Phi) is 3.23. The molecule has 0 saturated heterocycles. The van der Waals surface area contributed by atoms with Crippen molar-refractivity contribution >= 4 is 27.4 Å². The standard InChI is InChI=1S/C15H11NO4S/c17-11-20-15-10-16(14-9-5-4-8-13(14)15)21(18,19)12-6-2-1-3-7-12/h1-11H. The summed E-state index contributed by atoms with van der Waals surface area (Å²) in [6.45, 7) is 0.279. The van der Waals surface area contributed by atoms with E-state index in [-0.39, 0.29) is 17.1 Å². The number of carbonyl (C=O) groups is 1. The summed E-state index contributed by atoms with van der Waals surface area (Å²) in [7, 11) is -3.74. The van der Waals surface area contributed by atoms with E-state index < -0.39 is 10.0 Å². The van der Waals surface area contributed by atoms with Crippen LogP contribution in [0.15, 0.2) is 65.7 Å². The van der Waals surface area contributed by atoms with Gasteiger partial charge in [0.15, 0.2) is 5.75 Å². The second kappa shape index (κ2) is 5.06. The van der Waals surface area contributed by atoms with Gasteiger partial charge in [-0.3, -0.25) is 4.79 Å². The van der Waals surface area contributed by atoms with Crippen LogP contribution in [-0.4, -0.2) is 18.9 Å². The predicted molar refractivity (Wildman–Crippen MR) is 77.7 cm³/mol. The van der Waals surface area contributed by atoms with Crippen molar-refractivity contribution in [3.8, 4) is 5.75 Å². The number of hydrogen-bond donors (Lipinski definition) is 0. The molecule has 0 aliphatic rings. The van der Waals surface area contributed by atoms with Crippen LogP contribution in [0.5, 0.6) is 5.75 Å². The van der Waals surface area contributed by atoms with Gasteiger partial charge < -0.3 is 4.74 Å². The van der Waals surface area contributed by atoms with Crippen LogP contribution in [0.1, 0.15) is 0 Å². The number of benzene rings is 2. The average Bonchev–Trinajstić information content (AvgIpc) is 2.88. The lowest BCUT2D eigenvalue weighted by Gasteiger charge is -2.06. The summed E-state index contributed by atoms with van der Waals surface area (Å²) in [6.07, 6.45) is 1.31. The molecule has 0 fully saturated rings. The normalized spacial score (nSPS) is 11.4. The Hall–Kier alpha value is -2.60. The fourth-order valence-electron chi connectivity index (χ4n) is 2.17. The zero-order chi connectivity index (χ0) is 14.9. The zero-order valence-electron chi connectivity index (χ0n) is 10.8. The van der Waals surface area contributed by atoms with E-state index in [1.165, 1.54) is 18.3 Å². The molecule has 2 aromatic carbocycles. The van der Waals surface area contributed by atoms with Gasteiger partial charge in [-0.05, 0) is 24.3 Å². The van der Waals surface area contributed by atoms with Crippen LogP contribution in [-0.2, 0) is 14.8 Å². The SMILES string of the molecule is O=COc1cn(S(=O)(=O)c2ccccc2)c2ccccc12. The summed E-state index contributed by atoms with van der Waals surface area (Å²) in [4.78, 5) is 10.7. The lowest BCUT2D eigenvalue weighted by molar-refractivity contribution is -0.120. The molecule has 0 aliphatic carbocycles. The second-order valence-electron chi connectivity index (χ2n) is 4.34. The first-order valence-corrected chi connectivity index (χ1v) is 7.59. The van der Waals surface area contributed by atoms with E-state index in [1.807, 2.05) is 0 Å². The molecular formula is C15H11NO4S. The van der Waals surface area contributed by atoms with Gasteiger partial charge in [0.2, 0.25) is 0 Å². The van der Waals surface area contributed by atoms with Crippen LogP contribution < -0.4 is 4.74 Å². The van der Waals surface area contributed by atoms with E-state index >= 15 is 0 Å². The summed E-state index contributed by atoms with van der Waals surface area (Å²) in [5.74, 6) is 0.208. The number of carbonyl (C=O) groups excluding carboxylic acids is 1. The summed E-state index contributed by atoms with van der Waals surface area (Å²) in [6, 6.07) is 14.9. The van der Waals surface area contributed by atoms with Crippen molar-refractivity contribution in [2.75, 3.05) is 0 Å². The minimum absolute atomic E-state index is 0.170. The molecule has 3 aromatic rings. The molecule has 0 N–H and O–H groups in total. The van der Waals surface area contributed by atoms with Gasteiger partial charge in [0, 0.05) is 5.39 Å². The molecule has 5 nitrogen and oxygen atoms in total. The van der Waals surface area contributed by atoms with Crippen LogP contribution >= 0.6 is 0 Å². The Morgan fingerprint density at radius 1 is 0.952 bits per heavy atom. The average molecular weight is 301 g/mol. The van der Waals surface area contributed by atoms with Crippen molar-refractivity contribution in [3.05, 3.63) is 60.8 Å². The third kappa shape index (κ3) is 2.19. The lowest BCUT2D eigenvalue weighted by Crippen LogP contribution is -2.11. The van der Waals surface area contributed by atoms with E-state index in [9.17, 15) is 13.2 Å². The number of para-hydroxylation sites is 1. The molecule has 0 saturated carbocycles.